The Morgan fingerprint density at radius 1 is 1.67 bits per heavy atom. The monoisotopic (exact) mass is 171 g/mol. The second-order valence-electron chi connectivity index (χ2n) is 2.16. The molecule has 0 atom stereocenters. The largest absolute Gasteiger partial charge is 0.478 e. The van der Waals surface area contributed by atoms with Crippen LogP contribution in [0.5, 0.6) is 0 Å². The molecule has 0 amide bonds. The normalized spacial score (nSPS) is 12.8. The van der Waals surface area contributed by atoms with Gasteiger partial charge in [0.25, 0.3) is 0 Å². The molecule has 0 aliphatic rings. The number of carboxylic acids is 1. The number of hydrogen-bond donors (Lipinski definition) is 2. The van der Waals surface area contributed by atoms with Gasteiger partial charge in [-0.2, -0.15) is 0 Å². The average Bonchev–Trinajstić information content (AvgIpc) is 2.02. The third-order valence-corrected chi connectivity index (χ3v) is 1.25. The zero-order valence-electron chi connectivity index (χ0n) is 6.67. The zero-order valence-corrected chi connectivity index (χ0v) is 6.67. The van der Waals surface area contributed by atoms with Gasteiger partial charge in [-0.3, -0.25) is 0 Å². The van der Waals surface area contributed by atoms with Crippen molar-refractivity contribution in [3.63, 3.8) is 0 Å². The van der Waals surface area contributed by atoms with Crippen LogP contribution in [0.1, 0.15) is 6.92 Å². The molecule has 0 fully saturated rings. The van der Waals surface area contributed by atoms with Gasteiger partial charge in [0, 0.05) is 6.20 Å². The minimum Gasteiger partial charge on any atom is -0.478 e. The van der Waals surface area contributed by atoms with Crippen molar-refractivity contribution in [2.75, 3.05) is 0 Å². The van der Waals surface area contributed by atoms with E-state index in [2.05, 4.69) is 6.58 Å². The van der Waals surface area contributed by atoms with Crippen molar-refractivity contribution in [1.29, 1.82) is 0 Å². The van der Waals surface area contributed by atoms with E-state index >= 15 is 0 Å². The SMILES string of the molecule is C=C(C(=O)O)/C(C)=C\C(F)=C/N. The zero-order chi connectivity index (χ0) is 9.72. The number of halogens is 1. The topological polar surface area (TPSA) is 63.3 Å². The predicted octanol–water partition coefficient (Wildman–Crippen LogP) is 1.34. The van der Waals surface area contributed by atoms with Crippen LogP contribution < -0.4 is 5.73 Å². The molecule has 12 heavy (non-hydrogen) atoms. The van der Waals surface area contributed by atoms with Crippen LogP contribution in [0.2, 0.25) is 0 Å². The van der Waals surface area contributed by atoms with Crippen molar-refractivity contribution < 1.29 is 14.3 Å². The first-order valence-electron chi connectivity index (χ1n) is 3.17. The molecule has 0 unspecified atom stereocenters. The van der Waals surface area contributed by atoms with E-state index < -0.39 is 11.8 Å². The molecule has 0 aromatic carbocycles. The lowest BCUT2D eigenvalue weighted by atomic mass is 10.1. The van der Waals surface area contributed by atoms with Crippen molar-refractivity contribution >= 4 is 5.97 Å². The van der Waals surface area contributed by atoms with Gasteiger partial charge < -0.3 is 10.8 Å². The summed E-state index contributed by atoms with van der Waals surface area (Å²) in [5.74, 6) is -1.86. The predicted molar refractivity (Wildman–Crippen MR) is 43.9 cm³/mol. The molecule has 66 valence electrons. The molecule has 0 aromatic heterocycles. The van der Waals surface area contributed by atoms with E-state index in [-0.39, 0.29) is 11.1 Å². The Bertz CT molecular complexity index is 266. The van der Waals surface area contributed by atoms with E-state index in [0.29, 0.717) is 0 Å². The molecule has 0 aliphatic heterocycles. The lowest BCUT2D eigenvalue weighted by Gasteiger charge is -1.97. The Morgan fingerprint density at radius 2 is 2.17 bits per heavy atom. The molecule has 0 saturated carbocycles. The fraction of sp³-hybridized carbons (Fsp3) is 0.125. The first kappa shape index (κ1) is 10.4. The summed E-state index contributed by atoms with van der Waals surface area (Å²) in [6, 6.07) is 0. The number of hydrogen-bond acceptors (Lipinski definition) is 2. The number of rotatable bonds is 3. The highest BCUT2D eigenvalue weighted by atomic mass is 19.1. The highest BCUT2D eigenvalue weighted by Crippen LogP contribution is 2.10. The summed E-state index contributed by atoms with van der Waals surface area (Å²) >= 11 is 0. The van der Waals surface area contributed by atoms with Crippen molar-refractivity contribution in [2.45, 2.75) is 6.92 Å². The number of nitrogens with two attached hydrogens (primary N) is 1. The third-order valence-electron chi connectivity index (χ3n) is 1.25. The van der Waals surface area contributed by atoms with Gasteiger partial charge in [-0.1, -0.05) is 6.58 Å². The quantitative estimate of drug-likeness (QED) is 0.497. The average molecular weight is 171 g/mol. The Morgan fingerprint density at radius 3 is 2.50 bits per heavy atom. The highest BCUT2D eigenvalue weighted by Gasteiger charge is 2.05. The first-order valence-corrected chi connectivity index (χ1v) is 3.17. The Kier molecular flexibility index (Phi) is 3.76. The molecule has 0 spiro atoms. The second-order valence-corrected chi connectivity index (χ2v) is 2.16. The van der Waals surface area contributed by atoms with Crippen molar-refractivity contribution in [3.05, 3.63) is 35.8 Å². The molecule has 0 heterocycles. The highest BCUT2D eigenvalue weighted by molar-refractivity contribution is 5.90. The van der Waals surface area contributed by atoms with E-state index in [9.17, 15) is 9.18 Å². The van der Waals surface area contributed by atoms with Gasteiger partial charge in [0.15, 0.2) is 0 Å². The smallest absolute Gasteiger partial charge is 0.335 e. The van der Waals surface area contributed by atoms with Crippen LogP contribution in [0, 0.1) is 0 Å². The van der Waals surface area contributed by atoms with Crippen LogP contribution >= 0.6 is 0 Å². The molecule has 3 N–H and O–H groups in total. The molecular weight excluding hydrogens is 161 g/mol. The van der Waals surface area contributed by atoms with E-state index in [1.54, 1.807) is 0 Å². The number of carbonyl (C=O) groups is 1. The Hall–Kier alpha value is -1.58. The van der Waals surface area contributed by atoms with Crippen LogP contribution in [0.4, 0.5) is 4.39 Å². The molecular formula is C8H10FNO2. The van der Waals surface area contributed by atoms with Gasteiger partial charge in [0.1, 0.15) is 5.83 Å². The lowest BCUT2D eigenvalue weighted by molar-refractivity contribution is -0.132. The number of allylic oxidation sites excluding steroid dienone is 2. The van der Waals surface area contributed by atoms with Crippen molar-refractivity contribution in [2.24, 2.45) is 5.73 Å². The summed E-state index contributed by atoms with van der Waals surface area (Å²) in [6.45, 7) is 4.68. The van der Waals surface area contributed by atoms with Gasteiger partial charge in [-0.15, -0.1) is 0 Å². The molecule has 0 bridgehead atoms. The second kappa shape index (κ2) is 4.33. The summed E-state index contributed by atoms with van der Waals surface area (Å²) in [4.78, 5) is 10.3. The Labute approximate surface area is 69.7 Å². The van der Waals surface area contributed by atoms with Gasteiger partial charge in [-0.25, -0.2) is 9.18 Å². The number of aliphatic carboxylic acids is 1. The summed E-state index contributed by atoms with van der Waals surface area (Å²) in [6.07, 6.45) is 1.76. The minimum atomic E-state index is -1.17. The molecule has 0 aromatic rings. The molecule has 3 nitrogen and oxygen atoms in total. The van der Waals surface area contributed by atoms with Gasteiger partial charge in [-0.05, 0) is 18.6 Å². The standard InChI is InChI=1S/C8H10FNO2/c1-5(3-7(9)4-10)6(2)8(11)12/h3-4H,2,10H2,1H3,(H,11,12)/b5-3-,7-4+. The molecule has 0 aliphatic carbocycles. The van der Waals surface area contributed by atoms with Crippen LogP contribution in [0.15, 0.2) is 35.8 Å². The summed E-state index contributed by atoms with van der Waals surface area (Å²) < 4.78 is 12.4. The van der Waals surface area contributed by atoms with Gasteiger partial charge in [0.05, 0.1) is 5.57 Å². The lowest BCUT2D eigenvalue weighted by Crippen LogP contribution is -1.99. The van der Waals surface area contributed by atoms with Crippen LogP contribution in [-0.4, -0.2) is 11.1 Å². The summed E-state index contributed by atoms with van der Waals surface area (Å²) in [5, 5.41) is 8.42. The summed E-state index contributed by atoms with van der Waals surface area (Å²) in [5.41, 5.74) is 4.93. The molecule has 0 radical (unpaired) electrons. The minimum absolute atomic E-state index is 0.146. The number of carboxylic acid groups (broad SMARTS) is 1. The molecule has 0 saturated heterocycles. The fourth-order valence-corrected chi connectivity index (χ4v) is 0.511. The molecule has 4 heteroatoms. The van der Waals surface area contributed by atoms with E-state index in [1.165, 1.54) is 6.92 Å². The maximum absolute atomic E-state index is 12.4. The van der Waals surface area contributed by atoms with Crippen LogP contribution in [-0.2, 0) is 4.79 Å². The third kappa shape index (κ3) is 3.01. The van der Waals surface area contributed by atoms with Gasteiger partial charge in [0.2, 0.25) is 0 Å². The van der Waals surface area contributed by atoms with E-state index in [4.69, 9.17) is 10.8 Å². The molecule has 0 rings (SSSR count). The van der Waals surface area contributed by atoms with Crippen molar-refractivity contribution in [1.82, 2.24) is 0 Å². The fourth-order valence-electron chi connectivity index (χ4n) is 0.511. The van der Waals surface area contributed by atoms with E-state index in [0.717, 1.165) is 12.3 Å². The maximum Gasteiger partial charge on any atom is 0.335 e. The maximum atomic E-state index is 12.4. The van der Waals surface area contributed by atoms with Gasteiger partial charge >= 0.3 is 5.97 Å². The Balaban J connectivity index is 4.60. The summed E-state index contributed by atoms with van der Waals surface area (Å²) in [7, 11) is 0. The van der Waals surface area contributed by atoms with Crippen molar-refractivity contribution in [3.8, 4) is 0 Å². The first-order chi connectivity index (χ1) is 5.49. The van der Waals surface area contributed by atoms with Crippen LogP contribution in [0.3, 0.4) is 0 Å². The van der Waals surface area contributed by atoms with E-state index in [1.807, 2.05) is 0 Å². The van der Waals surface area contributed by atoms with Crippen LogP contribution in [0.25, 0.3) is 0 Å².